The number of fused-ring (bicyclic) bond motifs is 1. The highest BCUT2D eigenvalue weighted by molar-refractivity contribution is 5.84. The Hall–Kier alpha value is -2.56. The summed E-state index contributed by atoms with van der Waals surface area (Å²) in [7, 11) is 0. The second-order valence-corrected chi connectivity index (χ2v) is 4.93. The molecule has 108 valence electrons. The summed E-state index contributed by atoms with van der Waals surface area (Å²) < 4.78 is 1.44. The van der Waals surface area contributed by atoms with Gasteiger partial charge >= 0.3 is 6.03 Å². The maximum atomic E-state index is 11.8. The van der Waals surface area contributed by atoms with Crippen molar-refractivity contribution in [3.05, 3.63) is 54.2 Å². The number of aromatic amines is 1. The number of para-hydroxylation sites is 1. The molecule has 5 heteroatoms. The molecule has 0 aliphatic heterocycles. The zero-order valence-corrected chi connectivity index (χ0v) is 12.0. The predicted octanol–water partition coefficient (Wildman–Crippen LogP) is 2.73. The van der Waals surface area contributed by atoms with Crippen LogP contribution in [0.15, 0.2) is 43.0 Å². The molecule has 0 fully saturated rings. The first-order chi connectivity index (χ1) is 10.3. The first-order valence-electron chi connectivity index (χ1n) is 7.14. The molecule has 0 aliphatic carbocycles. The summed E-state index contributed by atoms with van der Waals surface area (Å²) in [6.45, 7) is 2.75. The maximum absolute atomic E-state index is 11.8. The molecule has 1 amide bonds. The van der Waals surface area contributed by atoms with Crippen molar-refractivity contribution in [3.8, 4) is 0 Å². The van der Waals surface area contributed by atoms with Crippen molar-refractivity contribution in [1.29, 1.82) is 0 Å². The van der Waals surface area contributed by atoms with Crippen molar-refractivity contribution < 1.29 is 4.79 Å². The molecule has 0 radical (unpaired) electrons. The fourth-order valence-electron chi connectivity index (χ4n) is 2.64. The number of carbonyl (C=O) groups is 1. The molecule has 3 aromatic rings. The molecule has 0 atom stereocenters. The van der Waals surface area contributed by atoms with Crippen LogP contribution in [-0.4, -0.2) is 27.1 Å². The van der Waals surface area contributed by atoms with Crippen molar-refractivity contribution in [1.82, 2.24) is 19.9 Å². The highest BCUT2D eigenvalue weighted by Crippen LogP contribution is 2.22. The van der Waals surface area contributed by atoms with Crippen molar-refractivity contribution in [3.63, 3.8) is 0 Å². The Kier molecular flexibility index (Phi) is 3.73. The molecule has 21 heavy (non-hydrogen) atoms. The number of hydrogen-bond donors (Lipinski definition) is 2. The molecule has 0 bridgehead atoms. The Labute approximate surface area is 123 Å². The van der Waals surface area contributed by atoms with E-state index in [0.29, 0.717) is 6.54 Å². The summed E-state index contributed by atoms with van der Waals surface area (Å²) in [5.74, 6) is 0. The second kappa shape index (κ2) is 5.83. The zero-order valence-electron chi connectivity index (χ0n) is 12.0. The van der Waals surface area contributed by atoms with Crippen molar-refractivity contribution in [2.24, 2.45) is 0 Å². The minimum absolute atomic E-state index is 0.151. The first-order valence-corrected chi connectivity index (χ1v) is 7.14. The fraction of sp³-hybridized carbons (Fsp3) is 0.250. The summed E-state index contributed by atoms with van der Waals surface area (Å²) >= 11 is 0. The number of aromatic nitrogens is 3. The van der Waals surface area contributed by atoms with Gasteiger partial charge in [-0.3, -0.25) is 4.57 Å². The van der Waals surface area contributed by atoms with E-state index in [4.69, 9.17) is 0 Å². The van der Waals surface area contributed by atoms with E-state index >= 15 is 0 Å². The third kappa shape index (κ3) is 2.67. The van der Waals surface area contributed by atoms with Gasteiger partial charge in [0.2, 0.25) is 0 Å². The quantitative estimate of drug-likeness (QED) is 0.773. The average Bonchev–Trinajstić information content (AvgIpc) is 3.14. The van der Waals surface area contributed by atoms with Crippen molar-refractivity contribution >= 4 is 16.9 Å². The first kappa shape index (κ1) is 13.4. The standard InChI is InChI=1S/C16H18N4O/c1-2-12-13-5-3-4-6-14(13)19-15(12)7-8-18-16(21)20-10-9-17-11-20/h3-6,9-11,19H,2,7-8H2,1H3,(H,18,21). The van der Waals surface area contributed by atoms with E-state index in [1.54, 1.807) is 12.4 Å². The fourth-order valence-corrected chi connectivity index (χ4v) is 2.64. The highest BCUT2D eigenvalue weighted by Gasteiger charge is 2.10. The van der Waals surface area contributed by atoms with E-state index in [0.717, 1.165) is 18.4 Å². The van der Waals surface area contributed by atoms with Gasteiger partial charge in [0, 0.05) is 42.0 Å². The number of amides is 1. The van der Waals surface area contributed by atoms with Crippen LogP contribution in [0.1, 0.15) is 18.2 Å². The van der Waals surface area contributed by atoms with Gasteiger partial charge in [0.25, 0.3) is 0 Å². The summed E-state index contributed by atoms with van der Waals surface area (Å²) in [5.41, 5.74) is 3.69. The molecule has 0 aliphatic rings. The topological polar surface area (TPSA) is 62.7 Å². The molecular weight excluding hydrogens is 264 g/mol. The van der Waals surface area contributed by atoms with E-state index in [1.165, 1.54) is 27.5 Å². The summed E-state index contributed by atoms with van der Waals surface area (Å²) in [5, 5.41) is 4.17. The Morgan fingerprint density at radius 1 is 1.38 bits per heavy atom. The number of aryl methyl sites for hydroxylation is 1. The molecule has 5 nitrogen and oxygen atoms in total. The molecule has 2 aromatic heterocycles. The van der Waals surface area contributed by atoms with Gasteiger partial charge in [0.15, 0.2) is 0 Å². The normalized spacial score (nSPS) is 10.9. The summed E-state index contributed by atoms with van der Waals surface area (Å²) in [4.78, 5) is 19.1. The van der Waals surface area contributed by atoms with Crippen LogP contribution in [0.3, 0.4) is 0 Å². The lowest BCUT2D eigenvalue weighted by molar-refractivity contribution is 0.242. The smallest absolute Gasteiger partial charge is 0.326 e. The molecule has 0 spiro atoms. The molecule has 1 aromatic carbocycles. The molecular formula is C16H18N4O. The predicted molar refractivity (Wildman–Crippen MR) is 82.4 cm³/mol. The Morgan fingerprint density at radius 3 is 3.00 bits per heavy atom. The number of imidazole rings is 1. The number of H-pyrrole nitrogens is 1. The van der Waals surface area contributed by atoms with Crippen LogP contribution in [0.25, 0.3) is 10.9 Å². The number of nitrogens with one attached hydrogen (secondary N) is 2. The zero-order chi connectivity index (χ0) is 14.7. The van der Waals surface area contributed by atoms with Crippen molar-refractivity contribution in [2.75, 3.05) is 6.54 Å². The maximum Gasteiger partial charge on any atom is 0.326 e. The lowest BCUT2D eigenvalue weighted by atomic mass is 10.1. The third-order valence-electron chi connectivity index (χ3n) is 3.65. The van der Waals surface area contributed by atoms with Gasteiger partial charge in [-0.2, -0.15) is 0 Å². The van der Waals surface area contributed by atoms with Crippen LogP contribution in [0, 0.1) is 0 Å². The number of hydrogen-bond acceptors (Lipinski definition) is 2. The Bertz CT molecular complexity index is 743. The van der Waals surface area contributed by atoms with Crippen LogP contribution in [0.5, 0.6) is 0 Å². The van der Waals surface area contributed by atoms with Crippen molar-refractivity contribution in [2.45, 2.75) is 19.8 Å². The van der Waals surface area contributed by atoms with Crippen LogP contribution >= 0.6 is 0 Å². The van der Waals surface area contributed by atoms with E-state index in [9.17, 15) is 4.79 Å². The molecule has 2 N–H and O–H groups in total. The van der Waals surface area contributed by atoms with E-state index in [2.05, 4.69) is 40.4 Å². The molecule has 2 heterocycles. The van der Waals surface area contributed by atoms with Crippen LogP contribution < -0.4 is 5.32 Å². The van der Waals surface area contributed by atoms with Gasteiger partial charge in [-0.1, -0.05) is 25.1 Å². The monoisotopic (exact) mass is 282 g/mol. The lowest BCUT2D eigenvalue weighted by Crippen LogP contribution is -2.29. The molecule has 0 saturated carbocycles. The van der Waals surface area contributed by atoms with Crippen LogP contribution in [0.4, 0.5) is 4.79 Å². The second-order valence-electron chi connectivity index (χ2n) is 4.93. The van der Waals surface area contributed by atoms with Gasteiger partial charge in [-0.25, -0.2) is 9.78 Å². The van der Waals surface area contributed by atoms with E-state index in [1.807, 2.05) is 6.07 Å². The average molecular weight is 282 g/mol. The number of nitrogens with zero attached hydrogens (tertiary/aromatic N) is 2. The molecule has 0 unspecified atom stereocenters. The van der Waals surface area contributed by atoms with Gasteiger partial charge in [-0.15, -0.1) is 0 Å². The lowest BCUT2D eigenvalue weighted by Gasteiger charge is -2.06. The Balaban J connectivity index is 1.69. The number of benzene rings is 1. The van der Waals surface area contributed by atoms with Gasteiger partial charge in [-0.05, 0) is 18.1 Å². The van der Waals surface area contributed by atoms with E-state index < -0.39 is 0 Å². The summed E-state index contributed by atoms with van der Waals surface area (Å²) in [6, 6.07) is 8.16. The van der Waals surface area contributed by atoms with Crippen LogP contribution in [-0.2, 0) is 12.8 Å². The molecule has 3 rings (SSSR count). The van der Waals surface area contributed by atoms with Crippen LogP contribution in [0.2, 0.25) is 0 Å². The summed E-state index contributed by atoms with van der Waals surface area (Å²) in [6.07, 6.45) is 6.49. The highest BCUT2D eigenvalue weighted by atomic mass is 16.2. The molecule has 0 saturated heterocycles. The number of carbonyl (C=O) groups excluding carboxylic acids is 1. The largest absolute Gasteiger partial charge is 0.358 e. The Morgan fingerprint density at radius 2 is 2.24 bits per heavy atom. The minimum atomic E-state index is -0.151. The SMILES string of the molecule is CCc1c(CCNC(=O)n2ccnc2)[nH]c2ccccc12. The van der Waals surface area contributed by atoms with Gasteiger partial charge < -0.3 is 10.3 Å². The third-order valence-corrected chi connectivity index (χ3v) is 3.65. The number of rotatable bonds is 4. The minimum Gasteiger partial charge on any atom is -0.358 e. The van der Waals surface area contributed by atoms with E-state index in [-0.39, 0.29) is 6.03 Å². The van der Waals surface area contributed by atoms with Gasteiger partial charge in [0.05, 0.1) is 0 Å². The van der Waals surface area contributed by atoms with Gasteiger partial charge in [0.1, 0.15) is 6.33 Å².